The van der Waals surface area contributed by atoms with Crippen LogP contribution in [0.4, 0.5) is 29.5 Å². The summed E-state index contributed by atoms with van der Waals surface area (Å²) in [5.74, 6) is -0.329. The molecule has 2 aromatic rings. The Morgan fingerprint density at radius 1 is 1.33 bits per heavy atom. The Bertz CT molecular complexity index is 647. The van der Waals surface area contributed by atoms with E-state index < -0.39 is 17.8 Å². The lowest BCUT2D eigenvalue weighted by atomic mass is 10.1. The smallest absolute Gasteiger partial charge is 0.432 e. The number of halogens is 3. The highest BCUT2D eigenvalue weighted by atomic mass is 19.4. The summed E-state index contributed by atoms with van der Waals surface area (Å²) in [5, 5.41) is 12.1. The van der Waals surface area contributed by atoms with E-state index in [4.69, 9.17) is 16.6 Å². The number of benzene rings is 1. The summed E-state index contributed by atoms with van der Waals surface area (Å²) >= 11 is 0. The molecule has 5 N–H and O–H groups in total. The first-order valence-corrected chi connectivity index (χ1v) is 4.60. The zero-order valence-electron chi connectivity index (χ0n) is 8.69. The number of rotatable bonds is 0. The fourth-order valence-electron chi connectivity index (χ4n) is 1.60. The van der Waals surface area contributed by atoms with Gasteiger partial charge in [-0.1, -0.05) is 0 Å². The molecule has 1 aromatic carbocycles. The average molecular weight is 260 g/mol. The maximum Gasteiger partial charge on any atom is 0.432 e. The first-order valence-electron chi connectivity index (χ1n) is 4.60. The first-order chi connectivity index (χ1) is 8.21. The molecule has 0 unspecified atom stereocenters. The molecule has 0 saturated carbocycles. The summed E-state index contributed by atoms with van der Waals surface area (Å²) in [6, 6.07) is 1.36. The second-order valence-corrected chi connectivity index (χ2v) is 3.54. The van der Waals surface area contributed by atoms with Gasteiger partial charge in [0.05, 0.1) is 11.3 Å². The standard InChI is InChI=1S/C9H7F3N4O2/c10-9(11,12)3-1-4-6(5(13)2-3)16(8(17)18)15-7(4)14/h1-2H,13H2,(H2,14,15)(H,17,18). The zero-order chi connectivity index (χ0) is 13.7. The van der Waals surface area contributed by atoms with Gasteiger partial charge in [0.15, 0.2) is 5.82 Å². The number of fused-ring (bicyclic) bond motifs is 1. The number of anilines is 2. The molecule has 2 rings (SSSR count). The van der Waals surface area contributed by atoms with Crippen LogP contribution in [0.1, 0.15) is 5.56 Å². The van der Waals surface area contributed by atoms with Crippen LogP contribution in [-0.4, -0.2) is 21.0 Å². The Hall–Kier alpha value is -2.45. The molecular formula is C9H7F3N4O2. The van der Waals surface area contributed by atoms with E-state index in [1.54, 1.807) is 0 Å². The van der Waals surface area contributed by atoms with Crippen molar-refractivity contribution in [3.8, 4) is 0 Å². The van der Waals surface area contributed by atoms with Crippen LogP contribution in [0.25, 0.3) is 10.9 Å². The third-order valence-electron chi connectivity index (χ3n) is 2.34. The van der Waals surface area contributed by atoms with Crippen molar-refractivity contribution in [2.45, 2.75) is 6.18 Å². The maximum atomic E-state index is 12.6. The highest BCUT2D eigenvalue weighted by molar-refractivity contribution is 6.01. The van der Waals surface area contributed by atoms with E-state index in [2.05, 4.69) is 5.10 Å². The SMILES string of the molecule is Nc1nn(C(=O)O)c2c(N)cc(C(F)(F)F)cc12. The van der Waals surface area contributed by atoms with Crippen LogP contribution in [0.15, 0.2) is 12.1 Å². The van der Waals surface area contributed by atoms with E-state index in [0.717, 1.165) is 0 Å². The minimum absolute atomic E-state index is 0.148. The molecule has 1 aromatic heterocycles. The van der Waals surface area contributed by atoms with E-state index in [1.165, 1.54) is 0 Å². The Balaban J connectivity index is 2.84. The summed E-state index contributed by atoms with van der Waals surface area (Å²) in [5.41, 5.74) is 9.28. The average Bonchev–Trinajstić information content (AvgIpc) is 2.56. The van der Waals surface area contributed by atoms with Gasteiger partial charge in [0.25, 0.3) is 0 Å². The summed E-state index contributed by atoms with van der Waals surface area (Å²) in [6.07, 6.45) is -6.08. The summed E-state index contributed by atoms with van der Waals surface area (Å²) in [6.45, 7) is 0. The van der Waals surface area contributed by atoms with E-state index >= 15 is 0 Å². The maximum absolute atomic E-state index is 12.6. The number of aromatic nitrogens is 2. The fourth-order valence-corrected chi connectivity index (χ4v) is 1.60. The molecule has 0 bridgehead atoms. The predicted molar refractivity (Wildman–Crippen MR) is 57.0 cm³/mol. The lowest BCUT2D eigenvalue weighted by Crippen LogP contribution is -2.11. The number of nitrogens with two attached hydrogens (primary N) is 2. The molecule has 1 heterocycles. The molecule has 96 valence electrons. The highest BCUT2D eigenvalue weighted by Crippen LogP contribution is 2.35. The van der Waals surface area contributed by atoms with Crippen molar-refractivity contribution in [3.05, 3.63) is 17.7 Å². The molecule has 0 amide bonds. The van der Waals surface area contributed by atoms with Crippen molar-refractivity contribution in [2.75, 3.05) is 11.5 Å². The zero-order valence-corrected chi connectivity index (χ0v) is 8.69. The van der Waals surface area contributed by atoms with Crippen LogP contribution in [-0.2, 0) is 6.18 Å². The number of hydrogen-bond acceptors (Lipinski definition) is 4. The summed E-state index contributed by atoms with van der Waals surface area (Å²) in [4.78, 5) is 10.8. The second kappa shape index (κ2) is 3.52. The van der Waals surface area contributed by atoms with Crippen LogP contribution >= 0.6 is 0 Å². The number of nitrogens with zero attached hydrogens (tertiary/aromatic N) is 2. The van der Waals surface area contributed by atoms with Gasteiger partial charge < -0.3 is 16.6 Å². The molecule has 0 atom stereocenters. The summed E-state index contributed by atoms with van der Waals surface area (Å²) < 4.78 is 38.1. The third-order valence-corrected chi connectivity index (χ3v) is 2.34. The van der Waals surface area contributed by atoms with Gasteiger partial charge in [-0.15, -0.1) is 5.10 Å². The van der Waals surface area contributed by atoms with Crippen molar-refractivity contribution in [3.63, 3.8) is 0 Å². The number of carbonyl (C=O) groups is 1. The second-order valence-electron chi connectivity index (χ2n) is 3.54. The molecule has 18 heavy (non-hydrogen) atoms. The molecule has 9 heteroatoms. The quantitative estimate of drug-likeness (QED) is 0.625. The Morgan fingerprint density at radius 2 is 1.94 bits per heavy atom. The molecule has 0 spiro atoms. The number of nitrogen functional groups attached to an aromatic ring is 2. The molecule has 0 saturated heterocycles. The van der Waals surface area contributed by atoms with Gasteiger partial charge >= 0.3 is 12.3 Å². The van der Waals surface area contributed by atoms with Gasteiger partial charge in [0.2, 0.25) is 0 Å². The van der Waals surface area contributed by atoms with E-state index in [9.17, 15) is 18.0 Å². The normalized spacial score (nSPS) is 11.9. The number of alkyl halides is 3. The van der Waals surface area contributed by atoms with Crippen molar-refractivity contribution >= 4 is 28.5 Å². The van der Waals surface area contributed by atoms with Gasteiger partial charge in [0.1, 0.15) is 5.52 Å². The molecular weight excluding hydrogens is 253 g/mol. The van der Waals surface area contributed by atoms with Crippen LogP contribution in [0.5, 0.6) is 0 Å². The van der Waals surface area contributed by atoms with Crippen molar-refractivity contribution in [2.24, 2.45) is 0 Å². The Labute approximate surface area is 97.6 Å². The van der Waals surface area contributed by atoms with Gasteiger partial charge in [-0.2, -0.15) is 17.9 Å². The minimum Gasteiger partial charge on any atom is -0.463 e. The Morgan fingerprint density at radius 3 is 2.44 bits per heavy atom. The lowest BCUT2D eigenvalue weighted by Gasteiger charge is -2.08. The van der Waals surface area contributed by atoms with Crippen molar-refractivity contribution in [1.82, 2.24) is 9.78 Å². The number of hydrogen-bond donors (Lipinski definition) is 3. The summed E-state index contributed by atoms with van der Waals surface area (Å²) in [7, 11) is 0. The molecule has 6 nitrogen and oxygen atoms in total. The predicted octanol–water partition coefficient (Wildman–Crippen LogP) is 1.75. The van der Waals surface area contributed by atoms with Gasteiger partial charge in [-0.3, -0.25) is 0 Å². The fraction of sp³-hybridized carbons (Fsp3) is 0.111. The topological polar surface area (TPSA) is 107 Å². The van der Waals surface area contributed by atoms with Gasteiger partial charge in [0, 0.05) is 5.39 Å². The van der Waals surface area contributed by atoms with E-state index in [-0.39, 0.29) is 22.4 Å². The van der Waals surface area contributed by atoms with E-state index in [1.807, 2.05) is 0 Å². The number of carboxylic acid groups (broad SMARTS) is 1. The Kier molecular flexibility index (Phi) is 2.35. The third kappa shape index (κ3) is 1.69. The van der Waals surface area contributed by atoms with E-state index in [0.29, 0.717) is 16.8 Å². The molecule has 0 aliphatic heterocycles. The van der Waals surface area contributed by atoms with Crippen molar-refractivity contribution < 1.29 is 23.1 Å². The lowest BCUT2D eigenvalue weighted by molar-refractivity contribution is -0.137. The van der Waals surface area contributed by atoms with Gasteiger partial charge in [-0.25, -0.2) is 4.79 Å². The highest BCUT2D eigenvalue weighted by Gasteiger charge is 2.32. The molecule has 0 fully saturated rings. The van der Waals surface area contributed by atoms with Crippen LogP contribution in [0.2, 0.25) is 0 Å². The monoisotopic (exact) mass is 260 g/mol. The van der Waals surface area contributed by atoms with Crippen molar-refractivity contribution in [1.29, 1.82) is 0 Å². The van der Waals surface area contributed by atoms with Crippen LogP contribution in [0, 0.1) is 0 Å². The molecule has 0 aliphatic carbocycles. The molecule has 0 radical (unpaired) electrons. The first kappa shape index (κ1) is 12.0. The van der Waals surface area contributed by atoms with Crippen LogP contribution < -0.4 is 11.5 Å². The molecule has 0 aliphatic rings. The van der Waals surface area contributed by atoms with Crippen LogP contribution in [0.3, 0.4) is 0 Å². The largest absolute Gasteiger partial charge is 0.463 e. The van der Waals surface area contributed by atoms with Gasteiger partial charge in [-0.05, 0) is 12.1 Å². The minimum atomic E-state index is -4.60.